The van der Waals surface area contributed by atoms with Crippen LogP contribution in [0.4, 0.5) is 0 Å². The zero-order chi connectivity index (χ0) is 14.5. The van der Waals surface area contributed by atoms with E-state index in [2.05, 4.69) is 18.3 Å². The number of nitrogens with one attached hydrogen (secondary N) is 1. The van der Waals surface area contributed by atoms with Crippen molar-refractivity contribution >= 4 is 0 Å². The van der Waals surface area contributed by atoms with Crippen molar-refractivity contribution < 1.29 is 14.2 Å². The summed E-state index contributed by atoms with van der Waals surface area (Å²) in [6.07, 6.45) is 7.89. The SMILES string of the molecule is CCNCc1cc2c(cc1OC1CCCCCC1)OCO2. The first-order valence-electron chi connectivity index (χ1n) is 8.16. The Morgan fingerprint density at radius 1 is 1.10 bits per heavy atom. The average Bonchev–Trinajstić information content (AvgIpc) is 2.79. The van der Waals surface area contributed by atoms with Gasteiger partial charge in [0, 0.05) is 18.2 Å². The van der Waals surface area contributed by atoms with Gasteiger partial charge in [-0.2, -0.15) is 0 Å². The lowest BCUT2D eigenvalue weighted by Gasteiger charge is -2.20. The molecular weight excluding hydrogens is 266 g/mol. The maximum Gasteiger partial charge on any atom is 0.231 e. The van der Waals surface area contributed by atoms with Crippen LogP contribution in [0.1, 0.15) is 51.0 Å². The first-order chi connectivity index (χ1) is 10.4. The fourth-order valence-electron chi connectivity index (χ4n) is 3.01. The van der Waals surface area contributed by atoms with Crippen LogP contribution >= 0.6 is 0 Å². The zero-order valence-corrected chi connectivity index (χ0v) is 12.8. The first-order valence-corrected chi connectivity index (χ1v) is 8.16. The summed E-state index contributed by atoms with van der Waals surface area (Å²) >= 11 is 0. The molecule has 1 heterocycles. The minimum Gasteiger partial charge on any atom is -0.490 e. The average molecular weight is 291 g/mol. The fourth-order valence-corrected chi connectivity index (χ4v) is 3.01. The number of benzene rings is 1. The molecule has 1 aliphatic carbocycles. The summed E-state index contributed by atoms with van der Waals surface area (Å²) in [5.41, 5.74) is 1.16. The summed E-state index contributed by atoms with van der Waals surface area (Å²) < 4.78 is 17.3. The highest BCUT2D eigenvalue weighted by atomic mass is 16.7. The molecule has 0 radical (unpaired) electrons. The van der Waals surface area contributed by atoms with E-state index in [0.717, 1.165) is 48.7 Å². The van der Waals surface area contributed by atoms with Gasteiger partial charge in [-0.15, -0.1) is 0 Å². The molecular formula is C17H25NO3. The molecule has 116 valence electrons. The van der Waals surface area contributed by atoms with Crippen LogP contribution < -0.4 is 19.5 Å². The van der Waals surface area contributed by atoms with E-state index in [4.69, 9.17) is 14.2 Å². The van der Waals surface area contributed by atoms with Gasteiger partial charge in [0.05, 0.1) is 6.10 Å². The van der Waals surface area contributed by atoms with Crippen LogP contribution in [-0.4, -0.2) is 19.4 Å². The van der Waals surface area contributed by atoms with E-state index < -0.39 is 0 Å². The van der Waals surface area contributed by atoms with Crippen molar-refractivity contribution in [1.29, 1.82) is 0 Å². The Balaban J connectivity index is 1.77. The lowest BCUT2D eigenvalue weighted by Crippen LogP contribution is -2.18. The second-order valence-corrected chi connectivity index (χ2v) is 5.82. The van der Waals surface area contributed by atoms with Gasteiger partial charge in [-0.05, 0) is 38.3 Å². The van der Waals surface area contributed by atoms with Gasteiger partial charge in [-0.3, -0.25) is 0 Å². The standard InChI is InChI=1S/C17H25NO3/c1-2-18-11-13-9-16-17(20-12-19-16)10-15(13)21-14-7-5-3-4-6-8-14/h9-10,14,18H,2-8,11-12H2,1H3. The molecule has 1 aromatic rings. The Morgan fingerprint density at radius 2 is 1.81 bits per heavy atom. The van der Waals surface area contributed by atoms with E-state index in [1.54, 1.807) is 0 Å². The van der Waals surface area contributed by atoms with Gasteiger partial charge in [0.1, 0.15) is 5.75 Å². The molecule has 21 heavy (non-hydrogen) atoms. The summed E-state index contributed by atoms with van der Waals surface area (Å²) in [6.45, 7) is 4.16. The third-order valence-corrected chi connectivity index (χ3v) is 4.22. The Morgan fingerprint density at radius 3 is 2.52 bits per heavy atom. The highest BCUT2D eigenvalue weighted by molar-refractivity contribution is 5.51. The van der Waals surface area contributed by atoms with E-state index >= 15 is 0 Å². The smallest absolute Gasteiger partial charge is 0.231 e. The molecule has 4 heteroatoms. The molecule has 1 N–H and O–H groups in total. The molecule has 0 atom stereocenters. The molecule has 2 aliphatic rings. The molecule has 0 unspecified atom stereocenters. The predicted molar refractivity (Wildman–Crippen MR) is 82.1 cm³/mol. The number of fused-ring (bicyclic) bond motifs is 1. The Bertz CT molecular complexity index is 467. The van der Waals surface area contributed by atoms with E-state index in [0.29, 0.717) is 12.9 Å². The van der Waals surface area contributed by atoms with Crippen LogP contribution in [0.25, 0.3) is 0 Å². The summed E-state index contributed by atoms with van der Waals surface area (Å²) in [4.78, 5) is 0. The van der Waals surface area contributed by atoms with E-state index in [-0.39, 0.29) is 0 Å². The summed E-state index contributed by atoms with van der Waals surface area (Å²) in [7, 11) is 0. The molecule has 0 saturated heterocycles. The summed E-state index contributed by atoms with van der Waals surface area (Å²) in [5.74, 6) is 2.59. The predicted octanol–water partition coefficient (Wildman–Crippen LogP) is 3.63. The van der Waals surface area contributed by atoms with E-state index in [9.17, 15) is 0 Å². The third-order valence-electron chi connectivity index (χ3n) is 4.22. The minimum absolute atomic E-state index is 0.308. The Hall–Kier alpha value is -1.42. The molecule has 0 spiro atoms. The Labute approximate surface area is 126 Å². The molecule has 0 aromatic heterocycles. The van der Waals surface area contributed by atoms with E-state index in [1.165, 1.54) is 25.7 Å². The molecule has 0 amide bonds. The van der Waals surface area contributed by atoms with Gasteiger partial charge >= 0.3 is 0 Å². The van der Waals surface area contributed by atoms with Crippen molar-refractivity contribution in [3.05, 3.63) is 17.7 Å². The largest absolute Gasteiger partial charge is 0.490 e. The lowest BCUT2D eigenvalue weighted by atomic mass is 10.1. The number of ether oxygens (including phenoxy) is 3. The van der Waals surface area contributed by atoms with Crippen molar-refractivity contribution in [3.63, 3.8) is 0 Å². The maximum absolute atomic E-state index is 6.31. The maximum atomic E-state index is 6.31. The van der Waals surface area contributed by atoms with E-state index in [1.807, 2.05) is 6.07 Å². The van der Waals surface area contributed by atoms with Gasteiger partial charge < -0.3 is 19.5 Å². The van der Waals surface area contributed by atoms with Gasteiger partial charge in [-0.25, -0.2) is 0 Å². The van der Waals surface area contributed by atoms with Crippen LogP contribution in [0.2, 0.25) is 0 Å². The van der Waals surface area contributed by atoms with Crippen LogP contribution in [-0.2, 0) is 6.54 Å². The molecule has 1 fully saturated rings. The van der Waals surface area contributed by atoms with Gasteiger partial charge in [0.2, 0.25) is 6.79 Å². The first kappa shape index (κ1) is 14.5. The summed E-state index contributed by atoms with van der Waals surface area (Å²) in [6, 6.07) is 4.05. The normalized spacial score (nSPS) is 18.5. The van der Waals surface area contributed by atoms with Crippen molar-refractivity contribution in [3.8, 4) is 17.2 Å². The van der Waals surface area contributed by atoms with Crippen molar-refractivity contribution in [2.45, 2.75) is 58.1 Å². The molecule has 1 aliphatic heterocycles. The van der Waals surface area contributed by atoms with Crippen molar-refractivity contribution in [2.24, 2.45) is 0 Å². The van der Waals surface area contributed by atoms with Crippen LogP contribution in [0.15, 0.2) is 12.1 Å². The van der Waals surface area contributed by atoms with Gasteiger partial charge in [0.15, 0.2) is 11.5 Å². The number of rotatable bonds is 5. The van der Waals surface area contributed by atoms with Crippen molar-refractivity contribution in [2.75, 3.05) is 13.3 Å². The zero-order valence-electron chi connectivity index (χ0n) is 12.8. The van der Waals surface area contributed by atoms with Gasteiger partial charge in [-0.1, -0.05) is 19.8 Å². The number of hydrogen-bond donors (Lipinski definition) is 1. The molecule has 1 saturated carbocycles. The van der Waals surface area contributed by atoms with Crippen molar-refractivity contribution in [1.82, 2.24) is 5.32 Å². The van der Waals surface area contributed by atoms with Crippen LogP contribution in [0.5, 0.6) is 17.2 Å². The number of hydrogen-bond acceptors (Lipinski definition) is 4. The second kappa shape index (κ2) is 7.03. The van der Waals surface area contributed by atoms with Crippen LogP contribution in [0, 0.1) is 0 Å². The Kier molecular flexibility index (Phi) is 4.86. The monoisotopic (exact) mass is 291 g/mol. The molecule has 0 bridgehead atoms. The second-order valence-electron chi connectivity index (χ2n) is 5.82. The minimum atomic E-state index is 0.308. The highest BCUT2D eigenvalue weighted by Crippen LogP contribution is 2.39. The highest BCUT2D eigenvalue weighted by Gasteiger charge is 2.21. The van der Waals surface area contributed by atoms with Crippen LogP contribution in [0.3, 0.4) is 0 Å². The molecule has 1 aromatic carbocycles. The summed E-state index contributed by atoms with van der Waals surface area (Å²) in [5, 5.41) is 3.37. The fraction of sp³-hybridized carbons (Fsp3) is 0.647. The lowest BCUT2D eigenvalue weighted by molar-refractivity contribution is 0.172. The van der Waals surface area contributed by atoms with Gasteiger partial charge in [0.25, 0.3) is 0 Å². The quantitative estimate of drug-likeness (QED) is 0.841. The third kappa shape index (κ3) is 3.62. The topological polar surface area (TPSA) is 39.7 Å². The molecule has 3 rings (SSSR count). The molecule has 4 nitrogen and oxygen atoms in total.